The highest BCUT2D eigenvalue weighted by Gasteiger charge is 1.82. The third kappa shape index (κ3) is 1.16. The summed E-state index contributed by atoms with van der Waals surface area (Å²) in [7, 11) is -0.458. The van der Waals surface area contributed by atoms with Crippen LogP contribution >= 0.6 is 0 Å². The van der Waals surface area contributed by atoms with E-state index in [4.69, 9.17) is 4.78 Å². The average molecular weight is 114 g/mol. The van der Waals surface area contributed by atoms with Crippen LogP contribution < -0.4 is 4.72 Å². The molecule has 0 bridgehead atoms. The summed E-state index contributed by atoms with van der Waals surface area (Å²) in [5, 5.41) is 1.81. The highest BCUT2D eigenvalue weighted by Crippen LogP contribution is 1.87. The Balaban J connectivity index is 2.66. The lowest BCUT2D eigenvalue weighted by Gasteiger charge is -1.99. The second kappa shape index (κ2) is 1.93. The van der Waals surface area contributed by atoms with Gasteiger partial charge in [-0.3, -0.25) is 4.78 Å². The molecule has 0 aliphatic carbocycles. The van der Waals surface area contributed by atoms with Gasteiger partial charge in [0.2, 0.25) is 0 Å². The Labute approximate surface area is 45.0 Å². The van der Waals surface area contributed by atoms with Gasteiger partial charge in [0.05, 0.1) is 0 Å². The fourth-order valence-corrected chi connectivity index (χ4v) is 0.883. The SMILES string of the molecule is N=S1C=CC=CN1. The molecule has 1 unspecified atom stereocenters. The molecule has 3 heteroatoms. The number of allylic oxidation sites excluding steroid dienone is 2. The number of rotatable bonds is 0. The molecule has 0 fully saturated rings. The molecule has 38 valence electrons. The van der Waals surface area contributed by atoms with Crippen molar-refractivity contribution in [2.45, 2.75) is 0 Å². The minimum Gasteiger partial charge on any atom is -0.325 e. The Bertz CT molecular complexity index is 137. The number of hydrogen-bond donors (Lipinski definition) is 2. The largest absolute Gasteiger partial charge is 0.325 e. The number of hydrogen-bond acceptors (Lipinski definition) is 1. The van der Waals surface area contributed by atoms with Crippen molar-refractivity contribution < 1.29 is 0 Å². The second-order valence-corrected chi connectivity index (χ2v) is 2.33. The van der Waals surface area contributed by atoms with Crippen LogP contribution in [0.5, 0.6) is 0 Å². The summed E-state index contributed by atoms with van der Waals surface area (Å²) in [6.07, 6.45) is 5.51. The van der Waals surface area contributed by atoms with E-state index in [-0.39, 0.29) is 0 Å². The monoisotopic (exact) mass is 114 g/mol. The first-order valence-electron chi connectivity index (χ1n) is 1.93. The highest BCUT2D eigenvalue weighted by molar-refractivity contribution is 7.87. The van der Waals surface area contributed by atoms with E-state index in [1.807, 2.05) is 12.2 Å². The Morgan fingerprint density at radius 2 is 2.29 bits per heavy atom. The summed E-state index contributed by atoms with van der Waals surface area (Å²) < 4.78 is 9.86. The lowest BCUT2D eigenvalue weighted by atomic mass is 10.6. The summed E-state index contributed by atoms with van der Waals surface area (Å²) in [6.45, 7) is 0. The van der Waals surface area contributed by atoms with Gasteiger partial charge in [0.25, 0.3) is 0 Å². The third-order valence-electron chi connectivity index (χ3n) is 0.617. The van der Waals surface area contributed by atoms with Crippen molar-refractivity contribution in [3.05, 3.63) is 23.8 Å². The molecule has 1 atom stereocenters. The summed E-state index contributed by atoms with van der Waals surface area (Å²) in [5.74, 6) is 0. The van der Waals surface area contributed by atoms with Gasteiger partial charge in [0.1, 0.15) is 0 Å². The zero-order valence-corrected chi connectivity index (χ0v) is 4.53. The van der Waals surface area contributed by atoms with Gasteiger partial charge in [-0.15, -0.1) is 0 Å². The fourth-order valence-electron chi connectivity index (χ4n) is 0.331. The molecule has 0 radical (unpaired) electrons. The molecule has 7 heavy (non-hydrogen) atoms. The zero-order chi connectivity index (χ0) is 5.11. The third-order valence-corrected chi connectivity index (χ3v) is 1.44. The smallest absolute Gasteiger partial charge is 0.0135 e. The minimum atomic E-state index is -0.458. The molecule has 0 aromatic carbocycles. The van der Waals surface area contributed by atoms with Crippen LogP contribution in [0, 0.1) is 4.78 Å². The van der Waals surface area contributed by atoms with Gasteiger partial charge in [0, 0.05) is 22.5 Å². The topological polar surface area (TPSA) is 35.9 Å². The van der Waals surface area contributed by atoms with Gasteiger partial charge in [-0.1, -0.05) is 6.08 Å². The van der Waals surface area contributed by atoms with Gasteiger partial charge in [-0.05, 0) is 6.08 Å². The predicted molar refractivity (Wildman–Crippen MR) is 31.5 cm³/mol. The quantitative estimate of drug-likeness (QED) is 0.482. The molecule has 0 saturated heterocycles. The van der Waals surface area contributed by atoms with Crippen molar-refractivity contribution in [3.8, 4) is 0 Å². The van der Waals surface area contributed by atoms with Crippen molar-refractivity contribution in [1.29, 1.82) is 4.78 Å². The first-order valence-corrected chi connectivity index (χ1v) is 3.22. The highest BCUT2D eigenvalue weighted by atomic mass is 32.2. The van der Waals surface area contributed by atoms with E-state index in [2.05, 4.69) is 4.72 Å². The van der Waals surface area contributed by atoms with E-state index in [0.29, 0.717) is 0 Å². The molecule has 0 saturated carbocycles. The molecule has 2 N–H and O–H groups in total. The van der Waals surface area contributed by atoms with Crippen LogP contribution in [0.4, 0.5) is 0 Å². The van der Waals surface area contributed by atoms with Crippen molar-refractivity contribution >= 4 is 10.9 Å². The van der Waals surface area contributed by atoms with E-state index in [1.165, 1.54) is 0 Å². The molecule has 1 aliphatic heterocycles. The first-order chi connectivity index (χ1) is 3.39. The van der Waals surface area contributed by atoms with E-state index in [9.17, 15) is 0 Å². The second-order valence-electron chi connectivity index (χ2n) is 1.14. The van der Waals surface area contributed by atoms with Crippen LogP contribution in [0.1, 0.15) is 0 Å². The van der Waals surface area contributed by atoms with Crippen molar-refractivity contribution in [2.24, 2.45) is 0 Å². The molecule has 1 rings (SSSR count). The summed E-state index contributed by atoms with van der Waals surface area (Å²) >= 11 is 0. The first kappa shape index (κ1) is 4.59. The Hall–Kier alpha value is -0.570. The van der Waals surface area contributed by atoms with Crippen LogP contribution in [-0.4, -0.2) is 0 Å². The van der Waals surface area contributed by atoms with E-state index >= 15 is 0 Å². The molecule has 0 aromatic rings. The minimum absolute atomic E-state index is 0.458. The van der Waals surface area contributed by atoms with Gasteiger partial charge in [-0.25, -0.2) is 0 Å². The van der Waals surface area contributed by atoms with Gasteiger partial charge < -0.3 is 4.72 Å². The molecule has 1 heterocycles. The maximum absolute atomic E-state index is 7.05. The van der Waals surface area contributed by atoms with Crippen LogP contribution in [0.3, 0.4) is 0 Å². The van der Waals surface area contributed by atoms with Crippen LogP contribution in [0.15, 0.2) is 23.8 Å². The van der Waals surface area contributed by atoms with E-state index < -0.39 is 10.9 Å². The van der Waals surface area contributed by atoms with Crippen LogP contribution in [0.2, 0.25) is 0 Å². The van der Waals surface area contributed by atoms with Gasteiger partial charge in [0.15, 0.2) is 0 Å². The average Bonchev–Trinajstić information content (AvgIpc) is 1.69. The molecule has 0 spiro atoms. The van der Waals surface area contributed by atoms with Gasteiger partial charge in [-0.2, -0.15) is 0 Å². The molecular weight excluding hydrogens is 108 g/mol. The summed E-state index contributed by atoms with van der Waals surface area (Å²) in [5.41, 5.74) is 0. The van der Waals surface area contributed by atoms with Crippen LogP contribution in [-0.2, 0) is 10.9 Å². The zero-order valence-electron chi connectivity index (χ0n) is 3.72. The molecule has 2 nitrogen and oxygen atoms in total. The fraction of sp³-hybridized carbons (Fsp3) is 0. The van der Waals surface area contributed by atoms with E-state index in [1.54, 1.807) is 11.6 Å². The summed E-state index contributed by atoms with van der Waals surface area (Å²) in [6, 6.07) is 0. The lowest BCUT2D eigenvalue weighted by molar-refractivity contribution is 1.37. The van der Waals surface area contributed by atoms with Crippen molar-refractivity contribution in [2.75, 3.05) is 0 Å². The van der Waals surface area contributed by atoms with Gasteiger partial charge >= 0.3 is 0 Å². The lowest BCUT2D eigenvalue weighted by Crippen LogP contribution is -2.05. The maximum atomic E-state index is 7.05. The normalized spacial score (nSPS) is 27.1. The van der Waals surface area contributed by atoms with Crippen molar-refractivity contribution in [3.63, 3.8) is 0 Å². The molecule has 0 amide bonds. The Morgan fingerprint density at radius 3 is 2.57 bits per heavy atom. The van der Waals surface area contributed by atoms with Crippen LogP contribution in [0.25, 0.3) is 0 Å². The molecular formula is C4H6N2S. The summed E-state index contributed by atoms with van der Waals surface area (Å²) in [4.78, 5) is 0. The van der Waals surface area contributed by atoms with E-state index in [0.717, 1.165) is 0 Å². The maximum Gasteiger partial charge on any atom is 0.0135 e. The Morgan fingerprint density at radius 1 is 1.43 bits per heavy atom. The predicted octanol–water partition coefficient (Wildman–Crippen LogP) is 0.913. The van der Waals surface area contributed by atoms with Crippen molar-refractivity contribution in [1.82, 2.24) is 4.72 Å². The standard InChI is InChI=1S/C4H6N2S/c5-7-4-2-1-3-6-7/h1-4H,(H2,5,6). The number of nitrogens with one attached hydrogen (secondary N) is 2. The molecule has 1 aliphatic rings. The Kier molecular flexibility index (Phi) is 1.26. The molecule has 0 aromatic heterocycles.